The van der Waals surface area contributed by atoms with Gasteiger partial charge in [0, 0.05) is 19.2 Å². The van der Waals surface area contributed by atoms with Crippen LogP contribution in [-0.4, -0.2) is 16.5 Å². The molecule has 4 nitrogen and oxygen atoms in total. The van der Waals surface area contributed by atoms with E-state index in [9.17, 15) is 0 Å². The normalized spacial score (nSPS) is 8.92. The molecule has 0 aliphatic carbocycles. The molecule has 0 bridgehead atoms. The molecule has 0 unspecified atom stereocenters. The third kappa shape index (κ3) is 2.46. The molecule has 1 rings (SSSR count). The Morgan fingerprint density at radius 3 is 3.17 bits per heavy atom. The summed E-state index contributed by atoms with van der Waals surface area (Å²) in [5, 5.41) is 3.01. The Bertz CT molecular complexity index is 289. The Morgan fingerprint density at radius 2 is 2.50 bits per heavy atom. The lowest BCUT2D eigenvalue weighted by atomic mass is 10.4. The highest BCUT2D eigenvalue weighted by atomic mass is 15.1. The van der Waals surface area contributed by atoms with E-state index in [1.807, 2.05) is 0 Å². The quantitative estimate of drug-likeness (QED) is 0.501. The maximum absolute atomic E-state index is 5.36. The van der Waals surface area contributed by atoms with Crippen molar-refractivity contribution < 1.29 is 0 Å². The van der Waals surface area contributed by atoms with Gasteiger partial charge < -0.3 is 11.1 Å². The highest BCUT2D eigenvalue weighted by Crippen LogP contribution is 2.01. The molecule has 0 aromatic carbocycles. The van der Waals surface area contributed by atoms with Crippen LogP contribution in [0.4, 0.5) is 11.8 Å². The summed E-state index contributed by atoms with van der Waals surface area (Å²) in [4.78, 5) is 7.69. The first-order valence-corrected chi connectivity index (χ1v) is 3.59. The number of aromatic nitrogens is 2. The van der Waals surface area contributed by atoms with Crippen molar-refractivity contribution in [1.29, 1.82) is 0 Å². The van der Waals surface area contributed by atoms with Crippen molar-refractivity contribution in [3.63, 3.8) is 0 Å². The number of nitrogens with zero attached hydrogens (tertiary/aromatic N) is 2. The summed E-state index contributed by atoms with van der Waals surface area (Å²) in [5.74, 6) is 3.49. The van der Waals surface area contributed by atoms with Crippen molar-refractivity contribution in [2.45, 2.75) is 6.42 Å². The van der Waals surface area contributed by atoms with Crippen LogP contribution in [0.25, 0.3) is 0 Å². The molecule has 0 saturated carbocycles. The van der Waals surface area contributed by atoms with Crippen molar-refractivity contribution in [3.8, 4) is 12.3 Å². The van der Waals surface area contributed by atoms with Crippen molar-refractivity contribution >= 4 is 11.8 Å². The SMILES string of the molecule is C#CCCNc1ccnc(N)n1. The molecule has 1 heterocycles. The fourth-order valence-corrected chi connectivity index (χ4v) is 0.735. The van der Waals surface area contributed by atoms with Gasteiger partial charge >= 0.3 is 0 Å². The molecule has 0 aliphatic heterocycles. The van der Waals surface area contributed by atoms with Crippen LogP contribution in [0.2, 0.25) is 0 Å². The van der Waals surface area contributed by atoms with Crippen LogP contribution >= 0.6 is 0 Å². The highest BCUT2D eigenvalue weighted by Gasteiger charge is 1.92. The summed E-state index contributed by atoms with van der Waals surface area (Å²) in [6.07, 6.45) is 7.34. The minimum absolute atomic E-state index is 0.265. The van der Waals surface area contributed by atoms with Crippen molar-refractivity contribution in [3.05, 3.63) is 12.3 Å². The van der Waals surface area contributed by atoms with Crippen LogP contribution in [-0.2, 0) is 0 Å². The lowest BCUT2D eigenvalue weighted by Crippen LogP contribution is -2.04. The zero-order chi connectivity index (χ0) is 8.81. The van der Waals surface area contributed by atoms with Crippen LogP contribution in [0.5, 0.6) is 0 Å². The summed E-state index contributed by atoms with van der Waals surface area (Å²) >= 11 is 0. The first-order chi connectivity index (χ1) is 5.83. The van der Waals surface area contributed by atoms with Crippen molar-refractivity contribution in [1.82, 2.24) is 9.97 Å². The molecule has 0 atom stereocenters. The van der Waals surface area contributed by atoms with Gasteiger partial charge in [0.1, 0.15) is 5.82 Å². The Kier molecular flexibility index (Phi) is 2.91. The number of nitrogen functional groups attached to an aromatic ring is 1. The van der Waals surface area contributed by atoms with E-state index in [0.717, 1.165) is 0 Å². The second-order valence-corrected chi connectivity index (χ2v) is 2.18. The summed E-state index contributed by atoms with van der Waals surface area (Å²) in [7, 11) is 0. The summed E-state index contributed by atoms with van der Waals surface area (Å²) in [6.45, 7) is 0.701. The van der Waals surface area contributed by atoms with E-state index in [4.69, 9.17) is 12.2 Å². The van der Waals surface area contributed by atoms with Crippen LogP contribution in [0, 0.1) is 12.3 Å². The Morgan fingerprint density at radius 1 is 1.67 bits per heavy atom. The largest absolute Gasteiger partial charge is 0.369 e. The molecule has 0 spiro atoms. The molecule has 0 saturated heterocycles. The average Bonchev–Trinajstić information content (AvgIpc) is 2.05. The Balaban J connectivity index is 2.48. The Labute approximate surface area is 71.2 Å². The number of terminal acetylenes is 1. The fraction of sp³-hybridized carbons (Fsp3) is 0.250. The molecule has 1 aromatic heterocycles. The second-order valence-electron chi connectivity index (χ2n) is 2.18. The van der Waals surface area contributed by atoms with Gasteiger partial charge in [-0.2, -0.15) is 4.98 Å². The van der Waals surface area contributed by atoms with E-state index in [-0.39, 0.29) is 5.95 Å². The van der Waals surface area contributed by atoms with Gasteiger partial charge in [0.25, 0.3) is 0 Å². The number of rotatable bonds is 3. The van der Waals surface area contributed by atoms with Gasteiger partial charge in [0.15, 0.2) is 0 Å². The van der Waals surface area contributed by atoms with Gasteiger partial charge in [-0.25, -0.2) is 4.98 Å². The van der Waals surface area contributed by atoms with Crippen molar-refractivity contribution in [2.24, 2.45) is 0 Å². The predicted molar refractivity (Wildman–Crippen MR) is 48.4 cm³/mol. The van der Waals surface area contributed by atoms with Crippen molar-refractivity contribution in [2.75, 3.05) is 17.6 Å². The fourth-order valence-electron chi connectivity index (χ4n) is 0.735. The third-order valence-electron chi connectivity index (χ3n) is 1.25. The number of anilines is 2. The van der Waals surface area contributed by atoms with E-state index in [1.54, 1.807) is 12.3 Å². The topological polar surface area (TPSA) is 63.8 Å². The number of nitrogens with two attached hydrogens (primary N) is 1. The molecule has 4 heteroatoms. The molecular weight excluding hydrogens is 152 g/mol. The molecule has 0 amide bonds. The zero-order valence-electron chi connectivity index (χ0n) is 6.62. The van der Waals surface area contributed by atoms with Gasteiger partial charge in [0.05, 0.1) is 0 Å². The molecule has 1 aromatic rings. The summed E-state index contributed by atoms with van der Waals surface area (Å²) < 4.78 is 0. The van der Waals surface area contributed by atoms with Gasteiger partial charge in [-0.3, -0.25) is 0 Å². The van der Waals surface area contributed by atoms with E-state index in [0.29, 0.717) is 18.8 Å². The molecule has 12 heavy (non-hydrogen) atoms. The van der Waals surface area contributed by atoms with Gasteiger partial charge in [-0.15, -0.1) is 12.3 Å². The van der Waals surface area contributed by atoms with E-state index >= 15 is 0 Å². The standard InChI is InChI=1S/C8H10N4/c1-2-3-5-10-7-4-6-11-8(9)12-7/h1,4,6H,3,5H2,(H3,9,10,11,12). The summed E-state index contributed by atoms with van der Waals surface area (Å²) in [5.41, 5.74) is 5.36. The minimum Gasteiger partial charge on any atom is -0.369 e. The molecule has 62 valence electrons. The van der Waals surface area contributed by atoms with E-state index in [2.05, 4.69) is 21.2 Å². The van der Waals surface area contributed by atoms with E-state index in [1.165, 1.54) is 0 Å². The molecule has 0 radical (unpaired) electrons. The number of hydrogen-bond donors (Lipinski definition) is 2. The monoisotopic (exact) mass is 162 g/mol. The molecule has 0 aliphatic rings. The lowest BCUT2D eigenvalue weighted by molar-refractivity contribution is 1.06. The number of hydrogen-bond acceptors (Lipinski definition) is 4. The predicted octanol–water partition coefficient (Wildman–Crippen LogP) is 0.494. The van der Waals surface area contributed by atoms with Crippen LogP contribution in [0.15, 0.2) is 12.3 Å². The van der Waals surface area contributed by atoms with Gasteiger partial charge in [-0.1, -0.05) is 0 Å². The smallest absolute Gasteiger partial charge is 0.221 e. The van der Waals surface area contributed by atoms with Crippen LogP contribution in [0.3, 0.4) is 0 Å². The zero-order valence-corrected chi connectivity index (χ0v) is 6.62. The Hall–Kier alpha value is -1.76. The van der Waals surface area contributed by atoms with Gasteiger partial charge in [-0.05, 0) is 6.07 Å². The molecular formula is C8H10N4. The third-order valence-corrected chi connectivity index (χ3v) is 1.25. The molecule has 0 fully saturated rings. The first kappa shape index (κ1) is 8.34. The lowest BCUT2D eigenvalue weighted by Gasteiger charge is -2.01. The van der Waals surface area contributed by atoms with Crippen LogP contribution < -0.4 is 11.1 Å². The first-order valence-electron chi connectivity index (χ1n) is 3.59. The maximum Gasteiger partial charge on any atom is 0.221 e. The maximum atomic E-state index is 5.36. The molecule has 3 N–H and O–H groups in total. The minimum atomic E-state index is 0.265. The highest BCUT2D eigenvalue weighted by molar-refractivity contribution is 5.37. The second kappa shape index (κ2) is 4.19. The number of nitrogens with one attached hydrogen (secondary N) is 1. The summed E-state index contributed by atoms with van der Waals surface area (Å²) in [6, 6.07) is 1.74. The van der Waals surface area contributed by atoms with Crippen LogP contribution in [0.1, 0.15) is 6.42 Å². The average molecular weight is 162 g/mol. The van der Waals surface area contributed by atoms with E-state index < -0.39 is 0 Å². The van der Waals surface area contributed by atoms with Gasteiger partial charge in [0.2, 0.25) is 5.95 Å².